The Morgan fingerprint density at radius 1 is 1.59 bits per heavy atom. The van der Waals surface area contributed by atoms with Crippen molar-refractivity contribution in [3.63, 3.8) is 0 Å². The molecule has 0 amide bonds. The van der Waals surface area contributed by atoms with Gasteiger partial charge < -0.3 is 15.2 Å². The molecule has 1 aromatic heterocycles. The molecule has 0 fully saturated rings. The fourth-order valence-corrected chi connectivity index (χ4v) is 2.04. The van der Waals surface area contributed by atoms with Gasteiger partial charge in [0.05, 0.1) is 5.75 Å². The highest BCUT2D eigenvalue weighted by molar-refractivity contribution is 7.91. The summed E-state index contributed by atoms with van der Waals surface area (Å²) in [6.07, 6.45) is 1.00. The van der Waals surface area contributed by atoms with Gasteiger partial charge in [0.25, 0.3) is 0 Å². The molecule has 0 aromatic carbocycles. The fourth-order valence-electron chi connectivity index (χ4n) is 1.29. The molecule has 0 aliphatic carbocycles. The molecule has 1 rings (SSSR count). The Bertz CT molecular complexity index is 507. The molecule has 1 heterocycles. The molecule has 1 N–H and O–H groups in total. The lowest BCUT2D eigenvalue weighted by Crippen LogP contribution is -2.17. The van der Waals surface area contributed by atoms with Crippen molar-refractivity contribution in [2.24, 2.45) is 0 Å². The summed E-state index contributed by atoms with van der Waals surface area (Å²) in [5.74, 6) is -0.471. The molecule has 0 saturated heterocycles. The van der Waals surface area contributed by atoms with Gasteiger partial charge in [-0.15, -0.1) is 0 Å². The van der Waals surface area contributed by atoms with Gasteiger partial charge in [0.1, 0.15) is 19.3 Å². The molecule has 1 aromatic rings. The van der Waals surface area contributed by atoms with Crippen LogP contribution in [0.4, 0.5) is 5.82 Å². The van der Waals surface area contributed by atoms with Gasteiger partial charge in [0.2, 0.25) is 5.82 Å². The first-order valence-electron chi connectivity index (χ1n) is 4.91. The van der Waals surface area contributed by atoms with Crippen molar-refractivity contribution < 1.29 is 18.4 Å². The van der Waals surface area contributed by atoms with E-state index in [1.54, 1.807) is 0 Å². The molecule has 0 saturated carbocycles. The van der Waals surface area contributed by atoms with E-state index in [1.807, 2.05) is 0 Å². The molecule has 0 bridgehead atoms. The summed E-state index contributed by atoms with van der Waals surface area (Å²) in [6, 6.07) is 0. The number of hydrogen-bond donors (Lipinski definition) is 1. The van der Waals surface area contributed by atoms with Crippen LogP contribution in [-0.2, 0) is 23.0 Å². The minimum atomic E-state index is -3.22. The highest BCUT2D eigenvalue weighted by Gasteiger charge is 2.21. The highest BCUT2D eigenvalue weighted by atomic mass is 32.2. The zero-order valence-electron chi connectivity index (χ0n) is 9.24. The van der Waals surface area contributed by atoms with E-state index in [4.69, 9.17) is 5.11 Å². The summed E-state index contributed by atoms with van der Waals surface area (Å²) < 4.78 is 23.7. The maximum Gasteiger partial charge on any atom is 0.342 e. The fraction of sp³-hybridized carbons (Fsp3) is 0.625. The summed E-state index contributed by atoms with van der Waals surface area (Å²) in [6.45, 7) is 0.951. The average Bonchev–Trinajstić information content (AvgIpc) is 2.69. The van der Waals surface area contributed by atoms with Gasteiger partial charge in [-0.3, -0.25) is 0 Å². The lowest BCUT2D eigenvalue weighted by atomic mass is 10.6. The van der Waals surface area contributed by atoms with Crippen molar-refractivity contribution in [2.75, 3.05) is 11.5 Å². The van der Waals surface area contributed by atoms with E-state index in [2.05, 4.69) is 4.98 Å². The molecule has 0 aliphatic rings. The second-order valence-electron chi connectivity index (χ2n) is 3.34. The minimum absolute atomic E-state index is 0.0239. The van der Waals surface area contributed by atoms with Crippen LogP contribution >= 0.6 is 0 Å². The number of nitro groups is 1. The van der Waals surface area contributed by atoms with Gasteiger partial charge >= 0.3 is 5.82 Å². The van der Waals surface area contributed by atoms with Gasteiger partial charge in [-0.2, -0.15) is 0 Å². The van der Waals surface area contributed by atoms with Gasteiger partial charge in [0, 0.05) is 5.75 Å². The lowest BCUT2D eigenvalue weighted by Gasteiger charge is -2.03. The molecular weight excluding hydrogens is 250 g/mol. The van der Waals surface area contributed by atoms with Crippen LogP contribution in [0, 0.1) is 10.1 Å². The summed E-state index contributed by atoms with van der Waals surface area (Å²) in [4.78, 5) is 13.7. The van der Waals surface area contributed by atoms with Crippen LogP contribution in [0.15, 0.2) is 6.20 Å². The zero-order chi connectivity index (χ0) is 13.1. The van der Waals surface area contributed by atoms with E-state index < -0.39 is 21.4 Å². The number of sulfone groups is 1. The second-order valence-corrected chi connectivity index (χ2v) is 5.81. The number of rotatable bonds is 6. The third kappa shape index (κ3) is 3.24. The normalized spacial score (nSPS) is 11.6. The van der Waals surface area contributed by atoms with E-state index in [-0.39, 0.29) is 29.7 Å². The predicted octanol–water partition coefficient (Wildman–Crippen LogP) is -0.282. The van der Waals surface area contributed by atoms with E-state index >= 15 is 0 Å². The first kappa shape index (κ1) is 13.6. The van der Waals surface area contributed by atoms with Gasteiger partial charge in [-0.25, -0.2) is 18.0 Å². The van der Waals surface area contributed by atoms with Crippen molar-refractivity contribution in [1.82, 2.24) is 9.55 Å². The molecule has 0 atom stereocenters. The van der Waals surface area contributed by atoms with Crippen LogP contribution in [0.1, 0.15) is 12.7 Å². The smallest absolute Gasteiger partial charge is 0.342 e. The number of aliphatic hydroxyl groups is 1. The van der Waals surface area contributed by atoms with Gasteiger partial charge in [0.15, 0.2) is 9.84 Å². The van der Waals surface area contributed by atoms with E-state index in [1.165, 1.54) is 6.92 Å². The average molecular weight is 263 g/mol. The van der Waals surface area contributed by atoms with Crippen molar-refractivity contribution in [2.45, 2.75) is 20.1 Å². The SMILES string of the molecule is CCS(=O)(=O)CCn1c([N+](=O)[O-])cnc1CO. The van der Waals surface area contributed by atoms with E-state index in [0.29, 0.717) is 0 Å². The second kappa shape index (κ2) is 5.23. The third-order valence-corrected chi connectivity index (χ3v) is 4.00. The Hall–Kier alpha value is -1.48. The first-order valence-corrected chi connectivity index (χ1v) is 6.73. The standard InChI is InChI=1S/C8H13N3O5S/c1-2-17(15,16)4-3-10-7(6-12)9-5-8(10)11(13)14/h5,12H,2-4,6H2,1H3. The monoisotopic (exact) mass is 263 g/mol. The largest absolute Gasteiger partial charge is 0.386 e. The summed E-state index contributed by atoms with van der Waals surface area (Å²) in [5, 5.41) is 19.6. The van der Waals surface area contributed by atoms with Crippen molar-refractivity contribution >= 4 is 15.7 Å². The molecular formula is C8H13N3O5S. The molecule has 8 nitrogen and oxygen atoms in total. The quantitative estimate of drug-likeness (QED) is 0.557. The molecule has 17 heavy (non-hydrogen) atoms. The Morgan fingerprint density at radius 3 is 2.71 bits per heavy atom. The van der Waals surface area contributed by atoms with Crippen LogP contribution in [0.25, 0.3) is 0 Å². The van der Waals surface area contributed by atoms with Crippen LogP contribution in [0.2, 0.25) is 0 Å². The maximum atomic E-state index is 11.3. The number of aromatic nitrogens is 2. The van der Waals surface area contributed by atoms with Crippen molar-refractivity contribution in [1.29, 1.82) is 0 Å². The topological polar surface area (TPSA) is 115 Å². The van der Waals surface area contributed by atoms with Crippen molar-refractivity contribution in [3.8, 4) is 0 Å². The predicted molar refractivity (Wildman–Crippen MR) is 59.1 cm³/mol. The molecule has 9 heteroatoms. The number of aliphatic hydroxyl groups excluding tert-OH is 1. The van der Waals surface area contributed by atoms with Crippen molar-refractivity contribution in [3.05, 3.63) is 22.1 Å². The summed E-state index contributed by atoms with van der Waals surface area (Å²) in [7, 11) is -3.22. The van der Waals surface area contributed by atoms with Gasteiger partial charge in [-0.05, 0) is 4.92 Å². The van der Waals surface area contributed by atoms with E-state index in [0.717, 1.165) is 10.8 Å². The highest BCUT2D eigenvalue weighted by Crippen LogP contribution is 2.14. The Morgan fingerprint density at radius 2 is 2.24 bits per heavy atom. The number of nitrogens with zero attached hydrogens (tertiary/aromatic N) is 3. The van der Waals surface area contributed by atoms with Crippen LogP contribution in [0.5, 0.6) is 0 Å². The van der Waals surface area contributed by atoms with Crippen LogP contribution in [0.3, 0.4) is 0 Å². The molecule has 0 unspecified atom stereocenters. The molecule has 96 valence electrons. The van der Waals surface area contributed by atoms with Gasteiger partial charge in [-0.1, -0.05) is 6.92 Å². The number of imidazole rings is 1. The zero-order valence-corrected chi connectivity index (χ0v) is 10.1. The first-order chi connectivity index (χ1) is 7.91. The Kier molecular flexibility index (Phi) is 4.18. The van der Waals surface area contributed by atoms with Crippen LogP contribution in [-0.4, -0.2) is 39.5 Å². The summed E-state index contributed by atoms with van der Waals surface area (Å²) >= 11 is 0. The third-order valence-electron chi connectivity index (χ3n) is 2.31. The van der Waals surface area contributed by atoms with E-state index in [9.17, 15) is 18.5 Å². The molecule has 0 radical (unpaired) electrons. The summed E-state index contributed by atoms with van der Waals surface area (Å²) in [5.41, 5.74) is 0. The Labute approximate surface area is 98.0 Å². The lowest BCUT2D eigenvalue weighted by molar-refractivity contribution is -0.392. The Balaban J connectivity index is 2.96. The minimum Gasteiger partial charge on any atom is -0.386 e. The molecule has 0 spiro atoms. The maximum absolute atomic E-state index is 11.3. The number of hydrogen-bond acceptors (Lipinski definition) is 6. The van der Waals surface area contributed by atoms with Crippen LogP contribution < -0.4 is 0 Å². The molecule has 0 aliphatic heterocycles.